The second-order valence-electron chi connectivity index (χ2n) is 7.35. The number of hydrazone groups is 1. The first-order valence-electron chi connectivity index (χ1n) is 10.7. The maximum absolute atomic E-state index is 12.4. The number of nitrogens with one attached hydrogen (secondary N) is 1. The summed E-state index contributed by atoms with van der Waals surface area (Å²) in [5.74, 6) is -0.594. The number of amides is 1. The molecule has 1 N–H and O–H groups in total. The van der Waals surface area contributed by atoms with Gasteiger partial charge in [-0.2, -0.15) is 5.10 Å². The van der Waals surface area contributed by atoms with Gasteiger partial charge >= 0.3 is 11.7 Å². The van der Waals surface area contributed by atoms with E-state index in [0.29, 0.717) is 29.0 Å². The van der Waals surface area contributed by atoms with Gasteiger partial charge in [0, 0.05) is 10.5 Å². The van der Waals surface area contributed by atoms with Crippen LogP contribution in [-0.4, -0.2) is 36.2 Å². The third-order valence-electron chi connectivity index (χ3n) is 4.62. The molecule has 36 heavy (non-hydrogen) atoms. The van der Waals surface area contributed by atoms with E-state index < -0.39 is 23.4 Å². The average Bonchev–Trinajstić information content (AvgIpc) is 2.85. The van der Waals surface area contributed by atoms with E-state index in [0.717, 1.165) is 4.47 Å². The van der Waals surface area contributed by atoms with Gasteiger partial charge in [-0.1, -0.05) is 22.0 Å². The first kappa shape index (κ1) is 26.4. The average molecular weight is 556 g/mol. The molecule has 0 aliphatic carbocycles. The lowest BCUT2D eigenvalue weighted by molar-refractivity contribution is -0.385. The molecule has 10 nitrogen and oxygen atoms in total. The Bertz CT molecular complexity index is 1290. The summed E-state index contributed by atoms with van der Waals surface area (Å²) in [6, 6.07) is 16.0. The molecule has 3 aromatic rings. The number of nitro benzene ring substituents is 1. The molecular weight excluding hydrogens is 534 g/mol. The second-order valence-corrected chi connectivity index (χ2v) is 8.26. The number of rotatable bonds is 10. The minimum atomic E-state index is -0.605. The van der Waals surface area contributed by atoms with E-state index in [4.69, 9.17) is 14.2 Å². The van der Waals surface area contributed by atoms with Crippen LogP contribution in [0.5, 0.6) is 17.2 Å². The number of hydrogen-bond acceptors (Lipinski definition) is 8. The summed E-state index contributed by atoms with van der Waals surface area (Å²) in [5, 5.41) is 15.0. The van der Waals surface area contributed by atoms with Crippen LogP contribution in [0.25, 0.3) is 0 Å². The molecule has 0 saturated heterocycles. The Morgan fingerprint density at radius 2 is 1.75 bits per heavy atom. The van der Waals surface area contributed by atoms with Crippen LogP contribution in [-0.2, 0) is 4.79 Å². The van der Waals surface area contributed by atoms with Gasteiger partial charge in [-0.05, 0) is 73.5 Å². The van der Waals surface area contributed by atoms with E-state index in [1.807, 2.05) is 0 Å². The van der Waals surface area contributed by atoms with Crippen molar-refractivity contribution in [3.63, 3.8) is 0 Å². The van der Waals surface area contributed by atoms with Gasteiger partial charge in [-0.25, -0.2) is 10.2 Å². The number of benzene rings is 3. The molecule has 0 atom stereocenters. The Balaban J connectivity index is 1.61. The number of halogens is 1. The molecule has 0 unspecified atom stereocenters. The van der Waals surface area contributed by atoms with Crippen LogP contribution in [0.1, 0.15) is 28.4 Å². The number of nitrogens with zero attached hydrogens (tertiary/aromatic N) is 2. The van der Waals surface area contributed by atoms with Crippen molar-refractivity contribution in [2.75, 3.05) is 13.2 Å². The first-order chi connectivity index (χ1) is 17.3. The fraction of sp³-hybridized carbons (Fsp3) is 0.160. The van der Waals surface area contributed by atoms with E-state index in [-0.39, 0.29) is 17.2 Å². The van der Waals surface area contributed by atoms with Crippen molar-refractivity contribution in [3.05, 3.63) is 91.9 Å². The third-order valence-corrected chi connectivity index (χ3v) is 5.15. The van der Waals surface area contributed by atoms with Gasteiger partial charge in [0.2, 0.25) is 0 Å². The van der Waals surface area contributed by atoms with Crippen LogP contribution < -0.4 is 19.6 Å². The Morgan fingerprint density at radius 3 is 2.44 bits per heavy atom. The van der Waals surface area contributed by atoms with Crippen LogP contribution in [0.4, 0.5) is 5.69 Å². The summed E-state index contributed by atoms with van der Waals surface area (Å²) in [7, 11) is 0. The monoisotopic (exact) mass is 555 g/mol. The molecule has 0 spiro atoms. The highest BCUT2D eigenvalue weighted by atomic mass is 79.9. The number of ether oxygens (including phenoxy) is 3. The Labute approximate surface area is 215 Å². The molecule has 0 heterocycles. The predicted octanol–water partition coefficient (Wildman–Crippen LogP) is 4.81. The topological polar surface area (TPSA) is 129 Å². The third kappa shape index (κ3) is 7.37. The minimum Gasteiger partial charge on any atom is -0.490 e. The lowest BCUT2D eigenvalue weighted by Gasteiger charge is -2.11. The maximum Gasteiger partial charge on any atom is 0.343 e. The Hall–Kier alpha value is -4.25. The molecule has 11 heteroatoms. The molecule has 0 fully saturated rings. The van der Waals surface area contributed by atoms with Crippen molar-refractivity contribution in [2.45, 2.75) is 13.8 Å². The number of hydrogen-bond donors (Lipinski definition) is 1. The molecule has 0 aliphatic rings. The van der Waals surface area contributed by atoms with Gasteiger partial charge in [-0.3, -0.25) is 14.9 Å². The maximum atomic E-state index is 12.4. The summed E-state index contributed by atoms with van der Waals surface area (Å²) in [5.41, 5.74) is 3.71. The summed E-state index contributed by atoms with van der Waals surface area (Å²) >= 11 is 3.32. The molecule has 3 aromatic carbocycles. The quantitative estimate of drug-likeness (QED) is 0.125. The molecule has 0 aromatic heterocycles. The van der Waals surface area contributed by atoms with Crippen molar-refractivity contribution in [2.24, 2.45) is 5.10 Å². The zero-order valence-electron chi connectivity index (χ0n) is 19.4. The molecule has 1 amide bonds. The van der Waals surface area contributed by atoms with Gasteiger partial charge in [0.15, 0.2) is 23.9 Å². The number of esters is 1. The van der Waals surface area contributed by atoms with Crippen LogP contribution in [0, 0.1) is 17.0 Å². The van der Waals surface area contributed by atoms with Gasteiger partial charge in [0.1, 0.15) is 0 Å². The number of carbonyl (C=O) groups is 2. The lowest BCUT2D eigenvalue weighted by atomic mass is 10.2. The summed E-state index contributed by atoms with van der Waals surface area (Å²) in [6.45, 7) is 3.38. The normalized spacial score (nSPS) is 10.6. The van der Waals surface area contributed by atoms with E-state index in [1.54, 1.807) is 62.4 Å². The fourth-order valence-electron chi connectivity index (χ4n) is 2.95. The molecule has 186 valence electrons. The van der Waals surface area contributed by atoms with E-state index in [1.165, 1.54) is 18.3 Å². The van der Waals surface area contributed by atoms with Crippen molar-refractivity contribution in [1.29, 1.82) is 0 Å². The zero-order valence-corrected chi connectivity index (χ0v) is 21.0. The lowest BCUT2D eigenvalue weighted by Crippen LogP contribution is -2.24. The van der Waals surface area contributed by atoms with Gasteiger partial charge in [0.05, 0.1) is 23.3 Å². The van der Waals surface area contributed by atoms with Crippen LogP contribution in [0.2, 0.25) is 0 Å². The SMILES string of the molecule is CCOc1cc(/C=N\NC(=O)COc2ccc(C)cc2[N+](=O)[O-])ccc1OC(=O)c1ccc(Br)cc1. The van der Waals surface area contributed by atoms with E-state index in [2.05, 4.69) is 26.5 Å². The fourth-order valence-corrected chi connectivity index (χ4v) is 3.21. The molecule has 0 bridgehead atoms. The highest BCUT2D eigenvalue weighted by Gasteiger charge is 2.16. The van der Waals surface area contributed by atoms with Crippen LogP contribution in [0.15, 0.2) is 70.2 Å². The zero-order chi connectivity index (χ0) is 26.1. The Kier molecular flexibility index (Phi) is 9.12. The van der Waals surface area contributed by atoms with Gasteiger partial charge in [0.25, 0.3) is 5.91 Å². The van der Waals surface area contributed by atoms with Crippen LogP contribution in [0.3, 0.4) is 0 Å². The minimum absolute atomic E-state index is 0.0145. The summed E-state index contributed by atoms with van der Waals surface area (Å²) < 4.78 is 17.2. The van der Waals surface area contributed by atoms with Gasteiger partial charge in [-0.15, -0.1) is 0 Å². The summed E-state index contributed by atoms with van der Waals surface area (Å²) in [4.78, 5) is 35.1. The first-order valence-corrected chi connectivity index (χ1v) is 11.5. The molecule has 0 aliphatic heterocycles. The highest BCUT2D eigenvalue weighted by Crippen LogP contribution is 2.29. The predicted molar refractivity (Wildman–Crippen MR) is 136 cm³/mol. The molecular formula is C25H22BrN3O7. The van der Waals surface area contributed by atoms with Gasteiger partial charge < -0.3 is 14.2 Å². The van der Waals surface area contributed by atoms with Crippen molar-refractivity contribution < 1.29 is 28.7 Å². The van der Waals surface area contributed by atoms with Crippen molar-refractivity contribution in [1.82, 2.24) is 5.43 Å². The Morgan fingerprint density at radius 1 is 1.03 bits per heavy atom. The standard InChI is InChI=1S/C25H22BrN3O7/c1-3-34-23-13-17(5-11-22(23)36-25(31)18-6-8-19(26)9-7-18)14-27-28-24(30)15-35-21-10-4-16(2)12-20(21)29(32)33/h4-14H,3,15H2,1-2H3,(H,28,30)/b27-14-. The van der Waals surface area contributed by atoms with Crippen molar-refractivity contribution >= 4 is 39.7 Å². The number of carbonyl (C=O) groups excluding carboxylic acids is 2. The second kappa shape index (κ2) is 12.5. The molecule has 3 rings (SSSR count). The van der Waals surface area contributed by atoms with E-state index >= 15 is 0 Å². The molecule has 0 saturated carbocycles. The largest absolute Gasteiger partial charge is 0.490 e. The number of aryl methyl sites for hydroxylation is 1. The smallest absolute Gasteiger partial charge is 0.343 e. The number of nitro groups is 1. The van der Waals surface area contributed by atoms with E-state index in [9.17, 15) is 19.7 Å². The summed E-state index contributed by atoms with van der Waals surface area (Å²) in [6.07, 6.45) is 1.37. The highest BCUT2D eigenvalue weighted by molar-refractivity contribution is 9.10. The molecule has 0 radical (unpaired) electrons. The van der Waals surface area contributed by atoms with Crippen molar-refractivity contribution in [3.8, 4) is 17.2 Å². The van der Waals surface area contributed by atoms with Crippen LogP contribution >= 0.6 is 15.9 Å².